The highest BCUT2D eigenvalue weighted by molar-refractivity contribution is 5.91. The van der Waals surface area contributed by atoms with Gasteiger partial charge in [0.2, 0.25) is 0 Å². The van der Waals surface area contributed by atoms with E-state index in [1.54, 1.807) is 6.92 Å². The van der Waals surface area contributed by atoms with E-state index in [4.69, 9.17) is 10.5 Å². The molecule has 5 N–H and O–H groups in total. The molecule has 1 heterocycles. The van der Waals surface area contributed by atoms with Gasteiger partial charge in [0, 0.05) is 12.3 Å². The zero-order valence-electron chi connectivity index (χ0n) is 8.83. The third-order valence-corrected chi connectivity index (χ3v) is 3.28. The van der Waals surface area contributed by atoms with Gasteiger partial charge in [-0.1, -0.05) is 0 Å². The van der Waals surface area contributed by atoms with Gasteiger partial charge >= 0.3 is 5.97 Å². The number of aliphatic hydroxyl groups excluding tert-OH is 3. The third kappa shape index (κ3) is 1.50. The number of nitrogens with two attached hydrogens (primary N) is 1. The second-order valence-corrected chi connectivity index (χ2v) is 4.34. The molecule has 5 atom stereocenters. The third-order valence-electron chi connectivity index (χ3n) is 3.28. The SMILES string of the molecule is C[C@@H]1OC(=O)C2=C(O)C[C@@H](O)[C@H](O)C2[C@H]1N. The van der Waals surface area contributed by atoms with Crippen LogP contribution in [0.15, 0.2) is 11.3 Å². The maximum atomic E-state index is 11.6. The van der Waals surface area contributed by atoms with Crippen LogP contribution in [0.2, 0.25) is 0 Å². The predicted molar refractivity (Wildman–Crippen MR) is 53.3 cm³/mol. The van der Waals surface area contributed by atoms with Crippen LogP contribution in [0.1, 0.15) is 13.3 Å². The summed E-state index contributed by atoms with van der Waals surface area (Å²) in [5.74, 6) is -1.67. The Hall–Kier alpha value is -1.11. The molecule has 90 valence electrons. The van der Waals surface area contributed by atoms with Crippen molar-refractivity contribution in [2.75, 3.05) is 0 Å². The molecule has 0 saturated carbocycles. The van der Waals surface area contributed by atoms with Crippen LogP contribution < -0.4 is 5.73 Å². The number of fused-ring (bicyclic) bond motifs is 1. The highest BCUT2D eigenvalue weighted by Crippen LogP contribution is 2.36. The van der Waals surface area contributed by atoms with E-state index in [-0.39, 0.29) is 17.8 Å². The molecular weight excluding hydrogens is 214 g/mol. The Labute approximate surface area is 92.3 Å². The maximum absolute atomic E-state index is 11.6. The Balaban J connectivity index is 2.44. The zero-order valence-corrected chi connectivity index (χ0v) is 8.83. The average Bonchev–Trinajstić information content (AvgIpc) is 2.20. The van der Waals surface area contributed by atoms with Gasteiger partial charge in [0.25, 0.3) is 0 Å². The van der Waals surface area contributed by atoms with E-state index in [9.17, 15) is 20.1 Å². The Bertz CT molecular complexity index is 353. The molecular formula is C10H15NO5. The van der Waals surface area contributed by atoms with E-state index >= 15 is 0 Å². The van der Waals surface area contributed by atoms with Crippen LogP contribution in [0.4, 0.5) is 0 Å². The topological polar surface area (TPSA) is 113 Å². The number of carbonyl (C=O) groups is 1. The minimum atomic E-state index is -1.14. The van der Waals surface area contributed by atoms with Crippen LogP contribution in [0.5, 0.6) is 0 Å². The molecule has 2 aliphatic rings. The summed E-state index contributed by atoms with van der Waals surface area (Å²) in [5, 5.41) is 29.0. The summed E-state index contributed by atoms with van der Waals surface area (Å²) in [5.41, 5.74) is 5.82. The van der Waals surface area contributed by atoms with Crippen molar-refractivity contribution in [3.05, 3.63) is 11.3 Å². The molecule has 1 aliphatic heterocycles. The van der Waals surface area contributed by atoms with Crippen molar-refractivity contribution in [1.29, 1.82) is 0 Å². The van der Waals surface area contributed by atoms with Gasteiger partial charge in [-0.3, -0.25) is 0 Å². The Morgan fingerprint density at radius 1 is 1.44 bits per heavy atom. The van der Waals surface area contributed by atoms with Gasteiger partial charge in [-0.25, -0.2) is 4.79 Å². The van der Waals surface area contributed by atoms with E-state index in [1.165, 1.54) is 0 Å². The smallest absolute Gasteiger partial charge is 0.338 e. The number of carbonyl (C=O) groups excluding carboxylic acids is 1. The van der Waals surface area contributed by atoms with Gasteiger partial charge in [0.1, 0.15) is 11.9 Å². The van der Waals surface area contributed by atoms with Crippen molar-refractivity contribution in [3.63, 3.8) is 0 Å². The first-order chi connectivity index (χ1) is 7.43. The summed E-state index contributed by atoms with van der Waals surface area (Å²) in [4.78, 5) is 11.6. The number of cyclic esters (lactones) is 1. The number of ether oxygens (including phenoxy) is 1. The number of rotatable bonds is 0. The van der Waals surface area contributed by atoms with Gasteiger partial charge in [-0.05, 0) is 6.92 Å². The molecule has 0 bridgehead atoms. The molecule has 1 unspecified atom stereocenters. The maximum Gasteiger partial charge on any atom is 0.338 e. The number of esters is 1. The summed E-state index contributed by atoms with van der Waals surface area (Å²) in [6, 6.07) is -0.625. The fourth-order valence-corrected chi connectivity index (χ4v) is 2.31. The van der Waals surface area contributed by atoms with Gasteiger partial charge in [-0.15, -0.1) is 0 Å². The molecule has 1 saturated heterocycles. The van der Waals surface area contributed by atoms with Crippen LogP contribution >= 0.6 is 0 Å². The number of hydrogen-bond acceptors (Lipinski definition) is 6. The largest absolute Gasteiger partial charge is 0.512 e. The molecule has 0 aromatic rings. The Kier molecular flexibility index (Phi) is 2.65. The highest BCUT2D eigenvalue weighted by Gasteiger charge is 2.48. The first-order valence-corrected chi connectivity index (χ1v) is 5.18. The number of aliphatic hydroxyl groups is 3. The summed E-state index contributed by atoms with van der Waals surface area (Å²) < 4.78 is 4.95. The summed E-state index contributed by atoms with van der Waals surface area (Å²) in [6.07, 6.45) is -2.94. The van der Waals surface area contributed by atoms with Crippen LogP contribution in [-0.4, -0.2) is 45.6 Å². The van der Waals surface area contributed by atoms with E-state index in [1.807, 2.05) is 0 Å². The van der Waals surface area contributed by atoms with Crippen molar-refractivity contribution in [1.82, 2.24) is 0 Å². The van der Waals surface area contributed by atoms with Crippen molar-refractivity contribution in [2.45, 2.75) is 37.7 Å². The van der Waals surface area contributed by atoms with Gasteiger partial charge in [-0.2, -0.15) is 0 Å². The predicted octanol–water partition coefficient (Wildman–Crippen LogP) is -1.19. The van der Waals surface area contributed by atoms with Crippen LogP contribution in [-0.2, 0) is 9.53 Å². The molecule has 0 spiro atoms. The van der Waals surface area contributed by atoms with Crippen molar-refractivity contribution in [2.24, 2.45) is 11.7 Å². The van der Waals surface area contributed by atoms with Crippen LogP contribution in [0, 0.1) is 5.92 Å². The van der Waals surface area contributed by atoms with E-state index in [0.717, 1.165) is 0 Å². The van der Waals surface area contributed by atoms with Crippen LogP contribution in [0.3, 0.4) is 0 Å². The molecule has 16 heavy (non-hydrogen) atoms. The molecule has 0 aromatic heterocycles. The molecule has 6 heteroatoms. The normalized spacial score (nSPS) is 44.0. The summed E-state index contributed by atoms with van der Waals surface area (Å²) in [6.45, 7) is 1.62. The fourth-order valence-electron chi connectivity index (χ4n) is 2.31. The molecule has 6 nitrogen and oxygen atoms in total. The molecule has 1 aliphatic carbocycles. The second-order valence-electron chi connectivity index (χ2n) is 4.34. The molecule has 0 amide bonds. The van der Waals surface area contributed by atoms with E-state index < -0.39 is 36.2 Å². The lowest BCUT2D eigenvalue weighted by Crippen LogP contribution is -2.57. The minimum absolute atomic E-state index is 0.00315. The van der Waals surface area contributed by atoms with Crippen molar-refractivity contribution >= 4 is 5.97 Å². The molecule has 1 fully saturated rings. The van der Waals surface area contributed by atoms with Gasteiger partial charge in [0.05, 0.1) is 23.8 Å². The first kappa shape index (κ1) is 11.4. The monoisotopic (exact) mass is 229 g/mol. The quantitative estimate of drug-likeness (QED) is 0.389. The molecule has 0 radical (unpaired) electrons. The van der Waals surface area contributed by atoms with Gasteiger partial charge in [0.15, 0.2) is 0 Å². The van der Waals surface area contributed by atoms with Crippen LogP contribution in [0.25, 0.3) is 0 Å². The van der Waals surface area contributed by atoms with E-state index in [2.05, 4.69) is 0 Å². The summed E-state index contributed by atoms with van der Waals surface area (Å²) in [7, 11) is 0. The summed E-state index contributed by atoms with van der Waals surface area (Å²) >= 11 is 0. The average molecular weight is 229 g/mol. The molecule has 2 rings (SSSR count). The second kappa shape index (κ2) is 3.73. The van der Waals surface area contributed by atoms with Crippen molar-refractivity contribution < 1.29 is 24.9 Å². The molecule has 0 aromatic carbocycles. The lowest BCUT2D eigenvalue weighted by molar-refractivity contribution is -0.155. The Morgan fingerprint density at radius 2 is 2.06 bits per heavy atom. The Morgan fingerprint density at radius 3 is 2.69 bits per heavy atom. The highest BCUT2D eigenvalue weighted by atomic mass is 16.5. The zero-order chi connectivity index (χ0) is 12.0. The fraction of sp³-hybridized carbons (Fsp3) is 0.700. The lowest BCUT2D eigenvalue weighted by atomic mass is 9.75. The standard InChI is InChI=1S/C10H15NO5/c1-3-8(11)7-6(10(15)16-3)4(12)2-5(13)9(7)14/h3,5,7-9,12-14H,2,11H2,1H3/t3-,5+,7?,8-,9-/m0/s1. The van der Waals surface area contributed by atoms with Crippen molar-refractivity contribution in [3.8, 4) is 0 Å². The number of hydrogen-bond donors (Lipinski definition) is 4. The van der Waals surface area contributed by atoms with E-state index in [0.29, 0.717) is 0 Å². The minimum Gasteiger partial charge on any atom is -0.512 e. The first-order valence-electron chi connectivity index (χ1n) is 5.18. The lowest BCUT2D eigenvalue weighted by Gasteiger charge is -2.41. The van der Waals surface area contributed by atoms with Gasteiger partial charge < -0.3 is 25.8 Å².